The Hall–Kier alpha value is -0.830. The summed E-state index contributed by atoms with van der Waals surface area (Å²) >= 11 is 1.80. The van der Waals surface area contributed by atoms with E-state index in [0.29, 0.717) is 12.0 Å². The fraction of sp³-hybridized carbons (Fsp3) is 0.333. The summed E-state index contributed by atoms with van der Waals surface area (Å²) in [7, 11) is 0. The number of rotatable bonds is 0. The highest BCUT2D eigenvalue weighted by Gasteiger charge is 2.47. The van der Waals surface area contributed by atoms with Gasteiger partial charge in [-0.25, -0.2) is 0 Å². The van der Waals surface area contributed by atoms with Crippen LogP contribution in [0.5, 0.6) is 0 Å². The summed E-state index contributed by atoms with van der Waals surface area (Å²) < 4.78 is 2.30. The minimum atomic E-state index is 0.572. The molecular formula is C9H9N2S+. The van der Waals surface area contributed by atoms with E-state index in [1.165, 1.54) is 10.6 Å². The molecule has 0 aromatic carbocycles. The third kappa shape index (κ3) is 0.672. The van der Waals surface area contributed by atoms with Crippen molar-refractivity contribution in [3.63, 3.8) is 0 Å². The molecular weight excluding hydrogens is 168 g/mol. The second-order valence-electron chi connectivity index (χ2n) is 3.25. The van der Waals surface area contributed by atoms with Gasteiger partial charge in [0.1, 0.15) is 5.92 Å². The van der Waals surface area contributed by atoms with Crippen molar-refractivity contribution in [2.24, 2.45) is 0 Å². The quantitative estimate of drug-likeness (QED) is 0.442. The van der Waals surface area contributed by atoms with Crippen molar-refractivity contribution in [1.29, 1.82) is 0 Å². The van der Waals surface area contributed by atoms with Crippen molar-refractivity contribution in [1.82, 2.24) is 4.98 Å². The van der Waals surface area contributed by atoms with Gasteiger partial charge in [-0.1, -0.05) is 0 Å². The maximum Gasteiger partial charge on any atom is 0.198 e. The zero-order valence-electron chi connectivity index (χ0n) is 6.77. The first-order valence-electron chi connectivity index (χ1n) is 4.12. The van der Waals surface area contributed by atoms with E-state index in [9.17, 15) is 0 Å². The summed E-state index contributed by atoms with van der Waals surface area (Å²) in [6, 6.07) is 4.78. The van der Waals surface area contributed by atoms with Gasteiger partial charge >= 0.3 is 0 Å². The molecule has 0 radical (unpaired) electrons. The molecule has 2 nitrogen and oxygen atoms in total. The van der Waals surface area contributed by atoms with Gasteiger partial charge in [-0.15, -0.1) is 0 Å². The van der Waals surface area contributed by atoms with Gasteiger partial charge < -0.3 is 0 Å². The van der Waals surface area contributed by atoms with Crippen molar-refractivity contribution in [2.75, 3.05) is 0 Å². The van der Waals surface area contributed by atoms with Crippen LogP contribution in [0, 0.1) is 0 Å². The Morgan fingerprint density at radius 3 is 3.33 bits per heavy atom. The molecule has 0 aliphatic carbocycles. The molecule has 0 amide bonds. The summed E-state index contributed by atoms with van der Waals surface area (Å²) in [5, 5.41) is 0. The Bertz CT molecular complexity index is 373. The molecule has 3 aliphatic rings. The van der Waals surface area contributed by atoms with Crippen LogP contribution in [-0.4, -0.2) is 21.2 Å². The lowest BCUT2D eigenvalue weighted by Crippen LogP contribution is -2.42. The summed E-state index contributed by atoms with van der Waals surface area (Å²) in [5.74, 6) is 0.572. The van der Waals surface area contributed by atoms with E-state index in [-0.39, 0.29) is 0 Å². The normalized spacial score (nSPS) is 30.2. The average molecular weight is 177 g/mol. The molecule has 4 heterocycles. The van der Waals surface area contributed by atoms with Gasteiger partial charge in [-0.3, -0.25) is 4.98 Å². The topological polar surface area (TPSA) is 15.9 Å². The third-order valence-corrected chi connectivity index (χ3v) is 3.75. The lowest BCUT2D eigenvalue weighted by atomic mass is 9.93. The minimum Gasteiger partial charge on any atom is -0.259 e. The summed E-state index contributed by atoms with van der Waals surface area (Å²) in [4.78, 5) is 5.73. The summed E-state index contributed by atoms with van der Waals surface area (Å²) in [5.41, 5.74) is 1.26. The van der Waals surface area contributed by atoms with E-state index in [4.69, 9.17) is 0 Å². The Morgan fingerprint density at radius 2 is 2.50 bits per heavy atom. The summed E-state index contributed by atoms with van der Waals surface area (Å²) in [6.07, 6.45) is 4.14. The Morgan fingerprint density at radius 1 is 1.58 bits per heavy atom. The molecule has 60 valence electrons. The molecule has 0 N–H and O–H groups in total. The Labute approximate surface area is 75.5 Å². The van der Waals surface area contributed by atoms with Crippen molar-refractivity contribution in [3.05, 3.63) is 24.0 Å². The van der Waals surface area contributed by atoms with E-state index in [1.807, 2.05) is 12.3 Å². The zero-order chi connectivity index (χ0) is 8.13. The van der Waals surface area contributed by atoms with Crippen LogP contribution in [0.2, 0.25) is 0 Å². The molecule has 12 heavy (non-hydrogen) atoms. The maximum atomic E-state index is 4.41. The molecule has 0 saturated carbocycles. The predicted molar refractivity (Wildman–Crippen MR) is 48.6 cm³/mol. The zero-order valence-corrected chi connectivity index (χ0v) is 7.58. The van der Waals surface area contributed by atoms with Crippen LogP contribution >= 0.6 is 11.9 Å². The van der Waals surface area contributed by atoms with Gasteiger partial charge in [-0.2, -0.15) is 3.98 Å². The van der Waals surface area contributed by atoms with Crippen molar-refractivity contribution in [3.8, 4) is 0 Å². The lowest BCUT2D eigenvalue weighted by molar-refractivity contribution is -0.429. The molecule has 2 bridgehead atoms. The smallest absolute Gasteiger partial charge is 0.198 e. The van der Waals surface area contributed by atoms with Crippen molar-refractivity contribution < 1.29 is 3.98 Å². The predicted octanol–water partition coefficient (Wildman–Crippen LogP) is 1.67. The second-order valence-corrected chi connectivity index (χ2v) is 4.30. The fourth-order valence-corrected chi connectivity index (χ4v) is 2.87. The molecule has 3 heteroatoms. The van der Waals surface area contributed by atoms with Crippen LogP contribution in [0.25, 0.3) is 0 Å². The van der Waals surface area contributed by atoms with Crippen LogP contribution in [-0.2, 0) is 0 Å². The lowest BCUT2D eigenvalue weighted by Gasteiger charge is -2.29. The molecule has 2 unspecified atom stereocenters. The van der Waals surface area contributed by atoms with E-state index in [1.54, 1.807) is 11.9 Å². The van der Waals surface area contributed by atoms with E-state index >= 15 is 0 Å². The highest BCUT2D eigenvalue weighted by Crippen LogP contribution is 2.42. The first kappa shape index (κ1) is 6.66. The average Bonchev–Trinajstić information content (AvgIpc) is 2.16. The molecule has 0 saturated heterocycles. The molecule has 1 aromatic heterocycles. The van der Waals surface area contributed by atoms with Crippen molar-refractivity contribution in [2.45, 2.75) is 23.8 Å². The largest absolute Gasteiger partial charge is 0.259 e. The van der Waals surface area contributed by atoms with Gasteiger partial charge in [0.2, 0.25) is 0 Å². The van der Waals surface area contributed by atoms with Gasteiger partial charge in [0.25, 0.3) is 0 Å². The highest BCUT2D eigenvalue weighted by molar-refractivity contribution is 7.93. The van der Waals surface area contributed by atoms with Gasteiger partial charge in [0.15, 0.2) is 24.2 Å². The SMILES string of the molecule is CC1C2C=[N+]1Sc1cccnc12. The van der Waals surface area contributed by atoms with E-state index in [2.05, 4.69) is 28.2 Å². The fourth-order valence-electron chi connectivity index (χ4n) is 1.73. The van der Waals surface area contributed by atoms with Gasteiger partial charge in [0, 0.05) is 6.20 Å². The molecule has 0 fully saturated rings. The van der Waals surface area contributed by atoms with Crippen molar-refractivity contribution >= 4 is 18.2 Å². The van der Waals surface area contributed by atoms with Crippen LogP contribution < -0.4 is 0 Å². The maximum absolute atomic E-state index is 4.41. The first-order chi connectivity index (χ1) is 5.86. The molecule has 0 spiro atoms. The number of hydrogen-bond acceptors (Lipinski definition) is 2. The van der Waals surface area contributed by atoms with E-state index in [0.717, 1.165) is 0 Å². The first-order valence-corrected chi connectivity index (χ1v) is 4.90. The molecule has 3 aliphatic heterocycles. The Balaban J connectivity index is 2.17. The third-order valence-electron chi connectivity index (χ3n) is 2.55. The van der Waals surface area contributed by atoms with Crippen LogP contribution in [0.1, 0.15) is 18.5 Å². The number of aromatic nitrogens is 1. The van der Waals surface area contributed by atoms with Crippen LogP contribution in [0.4, 0.5) is 0 Å². The highest BCUT2D eigenvalue weighted by atomic mass is 32.2. The van der Waals surface area contributed by atoms with Gasteiger partial charge in [0.05, 0.1) is 10.6 Å². The summed E-state index contributed by atoms with van der Waals surface area (Å²) in [6.45, 7) is 2.25. The number of pyridine rings is 1. The molecule has 4 rings (SSSR count). The van der Waals surface area contributed by atoms with Gasteiger partial charge in [-0.05, 0) is 19.1 Å². The Kier molecular flexibility index (Phi) is 1.17. The van der Waals surface area contributed by atoms with E-state index < -0.39 is 0 Å². The number of hydrogen-bond donors (Lipinski definition) is 0. The monoisotopic (exact) mass is 177 g/mol. The standard InChI is InChI=1S/C9H9N2S/c1-6-7-5-11(6)12-8-3-2-4-10-9(7)8/h2-7H,1H3/q+1. The number of nitrogens with zero attached hydrogens (tertiary/aromatic N) is 2. The second kappa shape index (κ2) is 2.10. The minimum absolute atomic E-state index is 0.572. The van der Waals surface area contributed by atoms with Crippen LogP contribution in [0.15, 0.2) is 23.2 Å². The molecule has 2 atom stereocenters. The molecule has 1 aromatic rings. The van der Waals surface area contributed by atoms with Crippen LogP contribution in [0.3, 0.4) is 0 Å².